The molecule has 2 aromatic rings. The number of alkyl halides is 6. The molecule has 26 heavy (non-hydrogen) atoms. The highest BCUT2D eigenvalue weighted by molar-refractivity contribution is 6.09. The summed E-state index contributed by atoms with van der Waals surface area (Å²) in [5.41, 5.74) is -2.09. The van der Waals surface area contributed by atoms with Crippen LogP contribution in [0.25, 0.3) is 0 Å². The van der Waals surface area contributed by atoms with Gasteiger partial charge in [-0.2, -0.15) is 31.4 Å². The van der Waals surface area contributed by atoms with Crippen molar-refractivity contribution in [2.75, 3.05) is 12.1 Å². The molecule has 0 spiro atoms. The summed E-state index contributed by atoms with van der Waals surface area (Å²) in [5, 5.41) is 3.00. The van der Waals surface area contributed by atoms with Crippen molar-refractivity contribution in [2.45, 2.75) is 17.9 Å². The van der Waals surface area contributed by atoms with E-state index in [0.717, 1.165) is 24.3 Å². The summed E-state index contributed by atoms with van der Waals surface area (Å²) < 4.78 is 89.3. The second-order valence-corrected chi connectivity index (χ2v) is 5.52. The van der Waals surface area contributed by atoms with Crippen LogP contribution in [0.1, 0.15) is 5.56 Å². The standard InChI is InChI=1S/C17H12F6N2O/c1-26-13-9-7-12(8-10-13)25-16(20,17(21,22)23)15(18,19)14(24-25)11-5-3-2-4-6-11/h2-10H,1H3. The average Bonchev–Trinajstić information content (AvgIpc) is 2.83. The number of methoxy groups -OCH3 is 1. The molecule has 0 aromatic heterocycles. The topological polar surface area (TPSA) is 24.8 Å². The number of benzene rings is 2. The van der Waals surface area contributed by atoms with Gasteiger partial charge in [-0.25, -0.2) is 5.01 Å². The second kappa shape index (κ2) is 5.93. The first kappa shape index (κ1) is 18.1. The Morgan fingerprint density at radius 2 is 1.50 bits per heavy atom. The third kappa shape index (κ3) is 2.49. The Kier molecular flexibility index (Phi) is 4.12. The molecule has 1 atom stereocenters. The Morgan fingerprint density at radius 1 is 0.923 bits per heavy atom. The van der Waals surface area contributed by atoms with Crippen LogP contribution in [0.5, 0.6) is 5.75 Å². The number of rotatable bonds is 3. The number of nitrogens with zero attached hydrogens (tertiary/aromatic N) is 2. The van der Waals surface area contributed by atoms with Gasteiger partial charge >= 0.3 is 17.9 Å². The third-order valence-corrected chi connectivity index (χ3v) is 3.95. The van der Waals surface area contributed by atoms with E-state index < -0.39 is 29.3 Å². The van der Waals surface area contributed by atoms with Gasteiger partial charge in [-0.05, 0) is 24.3 Å². The zero-order valence-corrected chi connectivity index (χ0v) is 13.3. The molecular weight excluding hydrogens is 362 g/mol. The lowest BCUT2D eigenvalue weighted by Crippen LogP contribution is -2.63. The number of anilines is 1. The van der Waals surface area contributed by atoms with Crippen molar-refractivity contribution >= 4 is 11.4 Å². The molecule has 0 bridgehead atoms. The number of hydrogen-bond acceptors (Lipinski definition) is 3. The van der Waals surface area contributed by atoms with Crippen LogP contribution >= 0.6 is 0 Å². The Morgan fingerprint density at radius 3 is 2.00 bits per heavy atom. The lowest BCUT2D eigenvalue weighted by Gasteiger charge is -2.35. The van der Waals surface area contributed by atoms with Gasteiger partial charge in [0.25, 0.3) is 0 Å². The summed E-state index contributed by atoms with van der Waals surface area (Å²) in [6.45, 7) is 0. The first-order valence-corrected chi connectivity index (χ1v) is 7.35. The summed E-state index contributed by atoms with van der Waals surface area (Å²) in [6, 6.07) is 10.9. The molecule has 2 aromatic carbocycles. The highest BCUT2D eigenvalue weighted by Gasteiger charge is 2.80. The summed E-state index contributed by atoms with van der Waals surface area (Å²) in [4.78, 5) is 0. The largest absolute Gasteiger partial charge is 0.497 e. The predicted molar refractivity (Wildman–Crippen MR) is 83.3 cm³/mol. The molecule has 1 aliphatic rings. The molecule has 1 unspecified atom stereocenters. The van der Waals surface area contributed by atoms with Gasteiger partial charge in [0.2, 0.25) is 0 Å². The van der Waals surface area contributed by atoms with E-state index >= 15 is 0 Å². The molecule has 1 aliphatic heterocycles. The fraction of sp³-hybridized carbons (Fsp3) is 0.235. The van der Waals surface area contributed by atoms with E-state index in [1.165, 1.54) is 37.4 Å². The van der Waals surface area contributed by atoms with Crippen molar-refractivity contribution in [3.8, 4) is 5.75 Å². The van der Waals surface area contributed by atoms with Gasteiger partial charge in [-0.1, -0.05) is 30.3 Å². The van der Waals surface area contributed by atoms with Crippen LogP contribution < -0.4 is 9.75 Å². The van der Waals surface area contributed by atoms with Gasteiger partial charge in [-0.3, -0.25) is 0 Å². The minimum absolute atomic E-state index is 0.267. The molecule has 0 N–H and O–H groups in total. The minimum atomic E-state index is -5.91. The molecule has 0 aliphatic carbocycles. The van der Waals surface area contributed by atoms with Crippen molar-refractivity contribution in [1.82, 2.24) is 0 Å². The molecule has 0 saturated heterocycles. The van der Waals surface area contributed by atoms with Crippen molar-refractivity contribution < 1.29 is 31.1 Å². The Hall–Kier alpha value is -2.71. The summed E-state index contributed by atoms with van der Waals surface area (Å²) >= 11 is 0. The molecule has 0 saturated carbocycles. The van der Waals surface area contributed by atoms with Crippen molar-refractivity contribution in [3.63, 3.8) is 0 Å². The maximum Gasteiger partial charge on any atom is 0.450 e. The van der Waals surface area contributed by atoms with Gasteiger partial charge in [0.1, 0.15) is 11.5 Å². The molecular formula is C17H12F6N2O. The van der Waals surface area contributed by atoms with Gasteiger partial charge in [0.05, 0.1) is 12.8 Å². The highest BCUT2D eigenvalue weighted by Crippen LogP contribution is 2.54. The summed E-state index contributed by atoms with van der Waals surface area (Å²) in [6.07, 6.45) is -5.91. The van der Waals surface area contributed by atoms with E-state index in [1.807, 2.05) is 0 Å². The molecule has 138 valence electrons. The van der Waals surface area contributed by atoms with Crippen molar-refractivity contribution in [3.05, 3.63) is 60.2 Å². The monoisotopic (exact) mass is 374 g/mol. The van der Waals surface area contributed by atoms with Crippen LogP contribution in [-0.4, -0.2) is 30.7 Å². The fourth-order valence-corrected chi connectivity index (χ4v) is 2.61. The van der Waals surface area contributed by atoms with E-state index in [1.54, 1.807) is 0 Å². The van der Waals surface area contributed by atoms with E-state index in [-0.39, 0.29) is 16.3 Å². The SMILES string of the molecule is COc1ccc(N2N=C(c3ccccc3)C(F)(F)C2(F)C(F)(F)F)cc1. The first-order chi connectivity index (χ1) is 12.1. The lowest BCUT2D eigenvalue weighted by molar-refractivity contribution is -0.278. The zero-order chi connectivity index (χ0) is 19.2. The first-order valence-electron chi connectivity index (χ1n) is 7.35. The summed E-state index contributed by atoms with van der Waals surface area (Å²) in [5.74, 6) is -9.69. The van der Waals surface area contributed by atoms with Gasteiger partial charge in [0.15, 0.2) is 0 Å². The number of ether oxygens (including phenoxy) is 1. The summed E-state index contributed by atoms with van der Waals surface area (Å²) in [7, 11) is 1.32. The van der Waals surface area contributed by atoms with Gasteiger partial charge in [0, 0.05) is 5.56 Å². The molecule has 3 nitrogen and oxygen atoms in total. The van der Waals surface area contributed by atoms with E-state index in [9.17, 15) is 26.3 Å². The normalized spacial score (nSPS) is 22.3. The molecule has 0 amide bonds. The molecule has 3 rings (SSSR count). The molecule has 0 radical (unpaired) electrons. The van der Waals surface area contributed by atoms with E-state index in [2.05, 4.69) is 5.10 Å². The van der Waals surface area contributed by atoms with Crippen LogP contribution in [0, 0.1) is 0 Å². The van der Waals surface area contributed by atoms with Crippen molar-refractivity contribution in [2.24, 2.45) is 5.10 Å². The van der Waals surface area contributed by atoms with E-state index in [0.29, 0.717) is 0 Å². The smallest absolute Gasteiger partial charge is 0.450 e. The Labute approximate surface area is 144 Å². The number of hydrogen-bond donors (Lipinski definition) is 0. The van der Waals surface area contributed by atoms with Crippen molar-refractivity contribution in [1.29, 1.82) is 0 Å². The average molecular weight is 374 g/mol. The quantitative estimate of drug-likeness (QED) is 0.570. The van der Waals surface area contributed by atoms with Crippen LogP contribution in [0.3, 0.4) is 0 Å². The second-order valence-electron chi connectivity index (χ2n) is 5.52. The predicted octanol–water partition coefficient (Wildman–Crippen LogP) is 4.78. The zero-order valence-electron chi connectivity index (χ0n) is 13.3. The van der Waals surface area contributed by atoms with Crippen LogP contribution in [0.15, 0.2) is 59.7 Å². The highest BCUT2D eigenvalue weighted by atomic mass is 19.4. The van der Waals surface area contributed by atoms with Crippen LogP contribution in [0.4, 0.5) is 32.0 Å². The maximum atomic E-state index is 15.0. The maximum absolute atomic E-state index is 15.0. The van der Waals surface area contributed by atoms with Crippen LogP contribution in [-0.2, 0) is 0 Å². The Balaban J connectivity index is 2.19. The number of halogens is 6. The number of hydrazone groups is 1. The van der Waals surface area contributed by atoms with E-state index in [4.69, 9.17) is 4.74 Å². The van der Waals surface area contributed by atoms with Crippen LogP contribution in [0.2, 0.25) is 0 Å². The third-order valence-electron chi connectivity index (χ3n) is 3.95. The minimum Gasteiger partial charge on any atom is -0.497 e. The lowest BCUT2D eigenvalue weighted by atomic mass is 9.97. The molecule has 1 heterocycles. The molecule has 9 heteroatoms. The Bertz CT molecular complexity index is 819. The van der Waals surface area contributed by atoms with Gasteiger partial charge in [-0.15, -0.1) is 0 Å². The van der Waals surface area contributed by atoms with Gasteiger partial charge < -0.3 is 4.74 Å². The molecule has 0 fully saturated rings. The fourth-order valence-electron chi connectivity index (χ4n) is 2.61.